The monoisotopic (exact) mass is 392 g/mol. The fraction of sp³-hybridized carbons (Fsp3) is 0.318. The van der Waals surface area contributed by atoms with Crippen LogP contribution in [0.25, 0.3) is 10.8 Å². The molecule has 0 bridgehead atoms. The minimum absolute atomic E-state index is 0.0785. The van der Waals surface area contributed by atoms with Crippen LogP contribution in [-0.4, -0.2) is 61.7 Å². The SMILES string of the molecule is COc1ccc2cc(C3CN(c4cncc(C(=O)N(C)C)n4)CCO3)ccc2c1. The van der Waals surface area contributed by atoms with Crippen molar-refractivity contribution in [2.45, 2.75) is 6.10 Å². The Morgan fingerprint density at radius 3 is 2.76 bits per heavy atom. The first-order valence-electron chi connectivity index (χ1n) is 9.53. The van der Waals surface area contributed by atoms with Gasteiger partial charge in [0, 0.05) is 27.2 Å². The summed E-state index contributed by atoms with van der Waals surface area (Å²) in [6.45, 7) is 1.93. The number of hydrogen-bond donors (Lipinski definition) is 0. The van der Waals surface area contributed by atoms with Gasteiger partial charge in [-0.05, 0) is 34.5 Å². The van der Waals surface area contributed by atoms with Gasteiger partial charge in [0.25, 0.3) is 5.91 Å². The van der Waals surface area contributed by atoms with Crippen LogP contribution in [0.3, 0.4) is 0 Å². The predicted octanol–water partition coefficient (Wildman–Crippen LogP) is 2.92. The molecular formula is C22H24N4O3. The van der Waals surface area contributed by atoms with E-state index in [0.29, 0.717) is 31.2 Å². The molecule has 1 aromatic heterocycles. The summed E-state index contributed by atoms with van der Waals surface area (Å²) < 4.78 is 11.3. The molecule has 4 rings (SSSR count). The van der Waals surface area contributed by atoms with Crippen molar-refractivity contribution in [3.8, 4) is 5.75 Å². The standard InChI is InChI=1S/C22H24N4O3/c1-25(2)22(27)19-12-23-13-21(24-19)26-8-9-29-20(14-26)17-5-4-16-11-18(28-3)7-6-15(16)10-17/h4-7,10-13,20H,8-9,14H2,1-3H3. The zero-order valence-electron chi connectivity index (χ0n) is 16.8. The lowest BCUT2D eigenvalue weighted by molar-refractivity contribution is 0.0396. The number of fused-ring (bicyclic) bond motifs is 1. The van der Waals surface area contributed by atoms with Crippen LogP contribution in [0.2, 0.25) is 0 Å². The van der Waals surface area contributed by atoms with E-state index in [1.807, 2.05) is 12.1 Å². The van der Waals surface area contributed by atoms with Crippen LogP contribution in [0, 0.1) is 0 Å². The molecule has 0 saturated carbocycles. The summed E-state index contributed by atoms with van der Waals surface area (Å²) in [6.07, 6.45) is 3.12. The van der Waals surface area contributed by atoms with Gasteiger partial charge >= 0.3 is 0 Å². The first kappa shape index (κ1) is 19.1. The minimum atomic E-state index is -0.158. The molecule has 1 saturated heterocycles. The van der Waals surface area contributed by atoms with Gasteiger partial charge in [0.1, 0.15) is 23.4 Å². The molecule has 0 spiro atoms. The summed E-state index contributed by atoms with van der Waals surface area (Å²) in [6, 6.07) is 12.4. The van der Waals surface area contributed by atoms with E-state index in [4.69, 9.17) is 9.47 Å². The zero-order chi connectivity index (χ0) is 20.4. The number of anilines is 1. The average molecular weight is 392 g/mol. The molecule has 7 heteroatoms. The first-order chi connectivity index (χ1) is 14.0. The molecular weight excluding hydrogens is 368 g/mol. The van der Waals surface area contributed by atoms with Gasteiger partial charge < -0.3 is 19.3 Å². The number of amides is 1. The average Bonchev–Trinajstić information content (AvgIpc) is 2.78. The number of nitrogens with zero attached hydrogens (tertiary/aromatic N) is 4. The Kier molecular flexibility index (Phi) is 5.31. The highest BCUT2D eigenvalue weighted by molar-refractivity contribution is 5.92. The van der Waals surface area contributed by atoms with Crippen molar-refractivity contribution in [3.63, 3.8) is 0 Å². The molecule has 150 valence electrons. The molecule has 1 atom stereocenters. The fourth-order valence-corrected chi connectivity index (χ4v) is 3.47. The van der Waals surface area contributed by atoms with E-state index >= 15 is 0 Å². The molecule has 2 aromatic carbocycles. The van der Waals surface area contributed by atoms with Crippen molar-refractivity contribution in [2.24, 2.45) is 0 Å². The molecule has 0 N–H and O–H groups in total. The normalized spacial score (nSPS) is 16.7. The molecule has 1 unspecified atom stereocenters. The molecule has 1 aliphatic rings. The Balaban J connectivity index is 1.56. The fourth-order valence-electron chi connectivity index (χ4n) is 3.47. The maximum Gasteiger partial charge on any atom is 0.273 e. The van der Waals surface area contributed by atoms with Crippen LogP contribution in [0.4, 0.5) is 5.82 Å². The number of aromatic nitrogens is 2. The van der Waals surface area contributed by atoms with E-state index in [9.17, 15) is 4.79 Å². The van der Waals surface area contributed by atoms with Gasteiger partial charge in [-0.2, -0.15) is 0 Å². The van der Waals surface area contributed by atoms with Gasteiger partial charge in [0.2, 0.25) is 0 Å². The third kappa shape index (κ3) is 4.00. The minimum Gasteiger partial charge on any atom is -0.497 e. The zero-order valence-corrected chi connectivity index (χ0v) is 16.8. The van der Waals surface area contributed by atoms with Crippen LogP contribution in [0.5, 0.6) is 5.75 Å². The maximum absolute atomic E-state index is 12.2. The number of benzene rings is 2. The number of methoxy groups -OCH3 is 1. The Bertz CT molecular complexity index is 1040. The molecule has 1 amide bonds. The van der Waals surface area contributed by atoms with E-state index in [1.165, 1.54) is 11.1 Å². The highest BCUT2D eigenvalue weighted by atomic mass is 16.5. The highest BCUT2D eigenvalue weighted by Crippen LogP contribution is 2.29. The number of rotatable bonds is 4. The summed E-state index contributed by atoms with van der Waals surface area (Å²) >= 11 is 0. The van der Waals surface area contributed by atoms with Crippen LogP contribution < -0.4 is 9.64 Å². The molecule has 1 aliphatic heterocycles. The summed E-state index contributed by atoms with van der Waals surface area (Å²) in [5.74, 6) is 1.38. The second kappa shape index (κ2) is 8.05. The van der Waals surface area contributed by atoms with Gasteiger partial charge in [-0.1, -0.05) is 18.2 Å². The third-order valence-corrected chi connectivity index (χ3v) is 5.08. The Hall–Kier alpha value is -3.19. The van der Waals surface area contributed by atoms with Crippen molar-refractivity contribution in [1.29, 1.82) is 0 Å². The summed E-state index contributed by atoms with van der Waals surface area (Å²) in [4.78, 5) is 24.6. The smallest absolute Gasteiger partial charge is 0.273 e. The van der Waals surface area contributed by atoms with Gasteiger partial charge in [-0.15, -0.1) is 0 Å². The van der Waals surface area contributed by atoms with Gasteiger partial charge in [-0.25, -0.2) is 4.98 Å². The molecule has 0 radical (unpaired) electrons. The summed E-state index contributed by atoms with van der Waals surface area (Å²) in [5.41, 5.74) is 1.45. The van der Waals surface area contributed by atoms with Crippen LogP contribution in [0.15, 0.2) is 48.8 Å². The number of carbonyl (C=O) groups is 1. The van der Waals surface area contributed by atoms with Gasteiger partial charge in [0.15, 0.2) is 0 Å². The molecule has 3 aromatic rings. The van der Waals surface area contributed by atoms with E-state index in [2.05, 4.69) is 39.1 Å². The Labute approximate surface area is 169 Å². The van der Waals surface area contributed by atoms with Crippen LogP contribution in [0.1, 0.15) is 22.2 Å². The van der Waals surface area contributed by atoms with Crippen molar-refractivity contribution in [3.05, 3.63) is 60.0 Å². The summed E-state index contributed by atoms with van der Waals surface area (Å²) in [5, 5.41) is 2.27. The molecule has 2 heterocycles. The number of ether oxygens (including phenoxy) is 2. The van der Waals surface area contributed by atoms with E-state index in [1.54, 1.807) is 27.4 Å². The third-order valence-electron chi connectivity index (χ3n) is 5.08. The molecule has 1 fully saturated rings. The highest BCUT2D eigenvalue weighted by Gasteiger charge is 2.24. The largest absolute Gasteiger partial charge is 0.497 e. The summed E-state index contributed by atoms with van der Waals surface area (Å²) in [7, 11) is 5.08. The van der Waals surface area contributed by atoms with Gasteiger partial charge in [-0.3, -0.25) is 9.78 Å². The lowest BCUT2D eigenvalue weighted by Gasteiger charge is -2.34. The van der Waals surface area contributed by atoms with E-state index < -0.39 is 0 Å². The first-order valence-corrected chi connectivity index (χ1v) is 9.53. The number of morpholine rings is 1. The van der Waals surface area contributed by atoms with Crippen LogP contribution >= 0.6 is 0 Å². The topological polar surface area (TPSA) is 67.8 Å². The lowest BCUT2D eigenvalue weighted by Crippen LogP contribution is -2.39. The quantitative estimate of drug-likeness (QED) is 0.680. The van der Waals surface area contributed by atoms with Crippen LogP contribution in [-0.2, 0) is 4.74 Å². The van der Waals surface area contributed by atoms with Crippen molar-refractivity contribution in [1.82, 2.24) is 14.9 Å². The Morgan fingerprint density at radius 2 is 1.97 bits per heavy atom. The van der Waals surface area contributed by atoms with Crippen molar-refractivity contribution in [2.75, 3.05) is 45.8 Å². The van der Waals surface area contributed by atoms with E-state index in [0.717, 1.165) is 22.1 Å². The maximum atomic E-state index is 12.2. The molecule has 29 heavy (non-hydrogen) atoms. The van der Waals surface area contributed by atoms with Gasteiger partial charge in [0.05, 0.1) is 26.1 Å². The predicted molar refractivity (Wildman–Crippen MR) is 111 cm³/mol. The Morgan fingerprint density at radius 1 is 1.17 bits per heavy atom. The second-order valence-electron chi connectivity index (χ2n) is 7.24. The van der Waals surface area contributed by atoms with E-state index in [-0.39, 0.29) is 12.0 Å². The molecule has 7 nitrogen and oxygen atoms in total. The second-order valence-corrected chi connectivity index (χ2v) is 7.24. The molecule has 0 aliphatic carbocycles. The number of carbonyl (C=O) groups excluding carboxylic acids is 1. The number of hydrogen-bond acceptors (Lipinski definition) is 6. The van der Waals surface area contributed by atoms with Crippen molar-refractivity contribution < 1.29 is 14.3 Å². The lowest BCUT2D eigenvalue weighted by atomic mass is 10.0. The van der Waals surface area contributed by atoms with Crippen molar-refractivity contribution >= 4 is 22.5 Å².